The quantitative estimate of drug-likeness (QED) is 0.684. The number of aromatic nitrogens is 1. The zero-order valence-corrected chi connectivity index (χ0v) is 17.7. The summed E-state index contributed by atoms with van der Waals surface area (Å²) in [6.07, 6.45) is 2.63. The van der Waals surface area contributed by atoms with Crippen LogP contribution in [0, 0.1) is 0 Å². The third-order valence-corrected chi connectivity index (χ3v) is 5.51. The standard InChI is InChI=1S/C24H24N2O5/c1-29-16-12-20(30-2)23(21(13-16)31-3)15-8-10-26(11-9-15)24(28)18-14-22(27)25-19-7-5-4-6-17(18)19/h4-8,12-14H,9-11H2,1-3H3,(H,25,27). The summed E-state index contributed by atoms with van der Waals surface area (Å²) in [5.74, 6) is 1.80. The Bertz CT molecular complexity index is 1200. The number of carbonyl (C=O) groups is 1. The third kappa shape index (κ3) is 3.86. The molecule has 0 bridgehead atoms. The Kier molecular flexibility index (Phi) is 5.66. The lowest BCUT2D eigenvalue weighted by atomic mass is 9.96. The second-order valence-corrected chi connectivity index (χ2v) is 7.23. The van der Waals surface area contributed by atoms with Gasteiger partial charge in [0.2, 0.25) is 5.56 Å². The van der Waals surface area contributed by atoms with Gasteiger partial charge in [0, 0.05) is 42.2 Å². The Labute approximate surface area is 179 Å². The molecule has 0 radical (unpaired) electrons. The molecule has 1 aromatic heterocycles. The molecular weight excluding hydrogens is 396 g/mol. The van der Waals surface area contributed by atoms with Gasteiger partial charge in [0.1, 0.15) is 17.2 Å². The van der Waals surface area contributed by atoms with E-state index in [-0.39, 0.29) is 11.5 Å². The molecule has 7 nitrogen and oxygen atoms in total. The van der Waals surface area contributed by atoms with Crippen LogP contribution >= 0.6 is 0 Å². The van der Waals surface area contributed by atoms with E-state index in [1.54, 1.807) is 32.3 Å². The number of hydrogen-bond donors (Lipinski definition) is 1. The number of nitrogens with zero attached hydrogens (tertiary/aromatic N) is 1. The highest BCUT2D eigenvalue weighted by atomic mass is 16.5. The molecule has 0 aliphatic carbocycles. The maximum atomic E-state index is 13.2. The molecule has 160 valence electrons. The van der Waals surface area contributed by atoms with Crippen LogP contribution in [0.5, 0.6) is 17.2 Å². The first-order chi connectivity index (χ1) is 15.0. The van der Waals surface area contributed by atoms with Gasteiger partial charge >= 0.3 is 0 Å². The average Bonchev–Trinajstić information content (AvgIpc) is 2.82. The molecule has 0 saturated heterocycles. The topological polar surface area (TPSA) is 80.9 Å². The lowest BCUT2D eigenvalue weighted by Gasteiger charge is -2.28. The number of fused-ring (bicyclic) bond motifs is 1. The van der Waals surface area contributed by atoms with Crippen molar-refractivity contribution in [1.29, 1.82) is 0 Å². The van der Waals surface area contributed by atoms with Gasteiger partial charge < -0.3 is 24.1 Å². The summed E-state index contributed by atoms with van der Waals surface area (Å²) in [5, 5.41) is 0.736. The smallest absolute Gasteiger partial charge is 0.255 e. The van der Waals surface area contributed by atoms with Crippen LogP contribution in [0.4, 0.5) is 0 Å². The molecule has 0 fully saturated rings. The van der Waals surface area contributed by atoms with Gasteiger partial charge in [0.25, 0.3) is 5.91 Å². The summed E-state index contributed by atoms with van der Waals surface area (Å²) in [6.45, 7) is 0.942. The summed E-state index contributed by atoms with van der Waals surface area (Å²) in [7, 11) is 4.81. The van der Waals surface area contributed by atoms with Gasteiger partial charge in [-0.15, -0.1) is 0 Å². The molecule has 0 atom stereocenters. The number of methoxy groups -OCH3 is 3. The van der Waals surface area contributed by atoms with Gasteiger partial charge in [-0.3, -0.25) is 9.59 Å². The summed E-state index contributed by atoms with van der Waals surface area (Å²) < 4.78 is 16.5. The molecule has 0 unspecified atom stereocenters. The summed E-state index contributed by atoms with van der Waals surface area (Å²) >= 11 is 0. The zero-order chi connectivity index (χ0) is 22.0. The van der Waals surface area contributed by atoms with E-state index < -0.39 is 0 Å². The fourth-order valence-electron chi connectivity index (χ4n) is 3.95. The largest absolute Gasteiger partial charge is 0.496 e. The summed E-state index contributed by atoms with van der Waals surface area (Å²) in [4.78, 5) is 29.8. The minimum atomic E-state index is -0.289. The number of nitrogens with one attached hydrogen (secondary N) is 1. The molecule has 31 heavy (non-hydrogen) atoms. The number of para-hydroxylation sites is 1. The number of H-pyrrole nitrogens is 1. The highest BCUT2D eigenvalue weighted by Crippen LogP contribution is 2.41. The molecular formula is C24H24N2O5. The van der Waals surface area contributed by atoms with E-state index in [9.17, 15) is 9.59 Å². The highest BCUT2D eigenvalue weighted by molar-refractivity contribution is 6.06. The van der Waals surface area contributed by atoms with Crippen molar-refractivity contribution in [2.45, 2.75) is 6.42 Å². The van der Waals surface area contributed by atoms with Crippen LogP contribution in [0.1, 0.15) is 22.3 Å². The van der Waals surface area contributed by atoms with Gasteiger partial charge in [0.05, 0.1) is 32.5 Å². The third-order valence-electron chi connectivity index (χ3n) is 5.51. The maximum Gasteiger partial charge on any atom is 0.255 e. The predicted octanol–water partition coefficient (Wildman–Crippen LogP) is 3.48. The summed E-state index contributed by atoms with van der Waals surface area (Å²) in [5.41, 5.74) is 2.67. The first-order valence-electron chi connectivity index (χ1n) is 9.96. The normalized spacial score (nSPS) is 13.6. The Hall–Kier alpha value is -3.74. The van der Waals surface area contributed by atoms with Gasteiger partial charge in [-0.25, -0.2) is 0 Å². The predicted molar refractivity (Wildman–Crippen MR) is 119 cm³/mol. The molecule has 2 aromatic carbocycles. The molecule has 1 aliphatic rings. The highest BCUT2D eigenvalue weighted by Gasteiger charge is 2.24. The minimum Gasteiger partial charge on any atom is -0.496 e. The second kappa shape index (κ2) is 8.55. The van der Waals surface area contributed by atoms with Crippen LogP contribution in [0.2, 0.25) is 0 Å². The minimum absolute atomic E-state index is 0.161. The SMILES string of the molecule is COc1cc(OC)c(C2=CCN(C(=O)c3cc(=O)[nH]c4ccccc34)CC2)c(OC)c1. The Morgan fingerprint density at radius 1 is 1.00 bits per heavy atom. The van der Waals surface area contributed by atoms with Gasteiger partial charge in [-0.1, -0.05) is 24.3 Å². The Morgan fingerprint density at radius 3 is 2.32 bits per heavy atom. The van der Waals surface area contributed by atoms with E-state index >= 15 is 0 Å². The van der Waals surface area contributed by atoms with Crippen LogP contribution in [-0.2, 0) is 0 Å². The number of rotatable bonds is 5. The number of amides is 1. The van der Waals surface area contributed by atoms with Crippen LogP contribution in [0.25, 0.3) is 16.5 Å². The van der Waals surface area contributed by atoms with Crippen molar-refractivity contribution in [2.24, 2.45) is 0 Å². The number of aromatic amines is 1. The summed E-state index contributed by atoms with van der Waals surface area (Å²) in [6, 6.07) is 12.3. The number of pyridine rings is 1. The van der Waals surface area contributed by atoms with E-state index in [1.807, 2.05) is 36.4 Å². The number of carbonyl (C=O) groups excluding carboxylic acids is 1. The molecule has 0 spiro atoms. The van der Waals surface area contributed by atoms with E-state index in [2.05, 4.69) is 4.98 Å². The second-order valence-electron chi connectivity index (χ2n) is 7.23. The van der Waals surface area contributed by atoms with Crippen molar-refractivity contribution in [1.82, 2.24) is 9.88 Å². The fraction of sp³-hybridized carbons (Fsp3) is 0.250. The molecule has 1 N–H and O–H groups in total. The molecule has 0 saturated carbocycles. The molecule has 2 heterocycles. The number of benzene rings is 2. The van der Waals surface area contributed by atoms with Crippen molar-refractivity contribution >= 4 is 22.4 Å². The number of hydrogen-bond acceptors (Lipinski definition) is 5. The van der Waals surface area contributed by atoms with E-state index in [1.165, 1.54) is 6.07 Å². The Morgan fingerprint density at radius 2 is 1.71 bits per heavy atom. The monoisotopic (exact) mass is 420 g/mol. The van der Waals surface area contributed by atoms with Crippen molar-refractivity contribution in [3.8, 4) is 17.2 Å². The van der Waals surface area contributed by atoms with Gasteiger partial charge in [-0.2, -0.15) is 0 Å². The first kappa shape index (κ1) is 20.5. The fourth-order valence-corrected chi connectivity index (χ4v) is 3.95. The lowest BCUT2D eigenvalue weighted by Crippen LogP contribution is -2.35. The molecule has 7 heteroatoms. The molecule has 4 rings (SSSR count). The van der Waals surface area contributed by atoms with Crippen LogP contribution < -0.4 is 19.8 Å². The molecule has 1 aliphatic heterocycles. The molecule has 3 aromatic rings. The average molecular weight is 420 g/mol. The van der Waals surface area contributed by atoms with Crippen LogP contribution in [0.15, 0.2) is 53.3 Å². The lowest BCUT2D eigenvalue weighted by molar-refractivity contribution is 0.0774. The molecule has 1 amide bonds. The number of ether oxygens (including phenoxy) is 3. The first-order valence-corrected chi connectivity index (χ1v) is 9.96. The van der Waals surface area contributed by atoms with Crippen molar-refractivity contribution in [3.05, 3.63) is 70.0 Å². The zero-order valence-electron chi connectivity index (χ0n) is 17.7. The van der Waals surface area contributed by atoms with Crippen LogP contribution in [-0.4, -0.2) is 50.2 Å². The Balaban J connectivity index is 1.65. The maximum absolute atomic E-state index is 13.2. The van der Waals surface area contributed by atoms with Crippen LogP contribution in [0.3, 0.4) is 0 Å². The van der Waals surface area contributed by atoms with Crippen molar-refractivity contribution < 1.29 is 19.0 Å². The van der Waals surface area contributed by atoms with E-state index in [4.69, 9.17) is 14.2 Å². The van der Waals surface area contributed by atoms with Gasteiger partial charge in [-0.05, 0) is 18.1 Å². The van der Waals surface area contributed by atoms with Crippen molar-refractivity contribution in [3.63, 3.8) is 0 Å². The van der Waals surface area contributed by atoms with E-state index in [0.717, 1.165) is 16.5 Å². The van der Waals surface area contributed by atoms with E-state index in [0.29, 0.717) is 47.8 Å². The van der Waals surface area contributed by atoms with Gasteiger partial charge in [0.15, 0.2) is 0 Å². The van der Waals surface area contributed by atoms with Crippen molar-refractivity contribution in [2.75, 3.05) is 34.4 Å².